The molecule has 9 nitrogen and oxygen atoms in total. The molecule has 0 bridgehead atoms. The number of ether oxygens (including phenoxy) is 2. The highest BCUT2D eigenvalue weighted by Gasteiger charge is 2.38. The number of likely N-dealkylation sites (tertiary alicyclic amines) is 1. The van der Waals surface area contributed by atoms with Crippen molar-refractivity contribution < 1.29 is 19.4 Å². The summed E-state index contributed by atoms with van der Waals surface area (Å²) in [5, 5.41) is 12.9. The number of aliphatic imine (C=N–C) groups is 1. The molecule has 188 valence electrons. The second kappa shape index (κ2) is 10.3. The molecule has 4 aliphatic rings. The minimum absolute atomic E-state index is 0.215. The zero-order chi connectivity index (χ0) is 24.4. The maximum absolute atomic E-state index is 12.0. The highest BCUT2D eigenvalue weighted by atomic mass is 16.5. The van der Waals surface area contributed by atoms with Crippen molar-refractivity contribution in [1.29, 1.82) is 0 Å². The van der Waals surface area contributed by atoms with Crippen LogP contribution in [0.3, 0.4) is 0 Å². The predicted molar refractivity (Wildman–Crippen MR) is 134 cm³/mol. The Bertz CT molecular complexity index is 1050. The number of carbonyl (C=O) groups excluding carboxylic acids is 1. The van der Waals surface area contributed by atoms with Crippen LogP contribution in [0.4, 0.5) is 4.79 Å². The number of morpholine rings is 1. The molecule has 0 aliphatic carbocycles. The Labute approximate surface area is 206 Å². The number of piperidine rings is 1. The van der Waals surface area contributed by atoms with Crippen LogP contribution in [0.5, 0.6) is 5.75 Å². The summed E-state index contributed by atoms with van der Waals surface area (Å²) in [5.41, 5.74) is 8.99. The number of allylic oxidation sites excluding steroid dienone is 1. The van der Waals surface area contributed by atoms with Crippen LogP contribution in [-0.2, 0) is 9.47 Å². The molecule has 1 aromatic rings. The highest BCUT2D eigenvalue weighted by molar-refractivity contribution is 6.05. The van der Waals surface area contributed by atoms with Gasteiger partial charge in [0.1, 0.15) is 11.6 Å². The standard InChI is InChI=1S/C26H35N5O4/c1-3-18-16-22(29-12-14-35-15-13-29)21-17-27-31(19-8-10-30(11-9-19)26(33)34-2)25(21)28-24(18)20-6-4-5-7-23(20)32/h4-7,19,27,32H,3,8-17H2,1-2H3. The van der Waals surface area contributed by atoms with E-state index < -0.39 is 0 Å². The monoisotopic (exact) mass is 481 g/mol. The molecular weight excluding hydrogens is 446 g/mol. The van der Waals surface area contributed by atoms with Gasteiger partial charge in [0.15, 0.2) is 0 Å². The zero-order valence-corrected chi connectivity index (χ0v) is 20.6. The average molecular weight is 482 g/mol. The molecule has 5 rings (SSSR count). The molecule has 0 saturated carbocycles. The van der Waals surface area contributed by atoms with Crippen molar-refractivity contribution in [3.8, 4) is 5.75 Å². The molecule has 3 saturated heterocycles. The molecule has 0 unspecified atom stereocenters. The molecule has 0 atom stereocenters. The first-order chi connectivity index (χ1) is 17.1. The quantitative estimate of drug-likeness (QED) is 0.683. The van der Waals surface area contributed by atoms with E-state index in [4.69, 9.17) is 14.5 Å². The van der Waals surface area contributed by atoms with Gasteiger partial charge in [-0.2, -0.15) is 0 Å². The fourth-order valence-electron chi connectivity index (χ4n) is 5.48. The molecule has 4 aliphatic heterocycles. The number of benzene rings is 1. The Balaban J connectivity index is 1.54. The number of amides is 1. The minimum atomic E-state index is -0.266. The molecule has 3 fully saturated rings. The molecule has 0 radical (unpaired) electrons. The van der Waals surface area contributed by atoms with Gasteiger partial charge in [-0.3, -0.25) is 5.01 Å². The molecule has 2 N–H and O–H groups in total. The van der Waals surface area contributed by atoms with Gasteiger partial charge in [0.25, 0.3) is 0 Å². The van der Waals surface area contributed by atoms with Gasteiger partial charge in [-0.25, -0.2) is 15.2 Å². The van der Waals surface area contributed by atoms with E-state index >= 15 is 0 Å². The smallest absolute Gasteiger partial charge is 0.409 e. The molecule has 35 heavy (non-hydrogen) atoms. The number of methoxy groups -OCH3 is 1. The molecule has 4 heterocycles. The number of nitrogens with one attached hydrogen (secondary N) is 1. The molecule has 9 heteroatoms. The zero-order valence-electron chi connectivity index (χ0n) is 20.6. The first-order valence-electron chi connectivity index (χ1n) is 12.6. The molecule has 1 amide bonds. The number of carbonyl (C=O) groups is 1. The Morgan fingerprint density at radius 1 is 1.20 bits per heavy atom. The lowest BCUT2D eigenvalue weighted by molar-refractivity contribution is 0.0523. The highest BCUT2D eigenvalue weighted by Crippen LogP contribution is 2.38. The van der Waals surface area contributed by atoms with Gasteiger partial charge in [-0.05, 0) is 37.0 Å². The lowest BCUT2D eigenvalue weighted by Crippen LogP contribution is -2.50. The summed E-state index contributed by atoms with van der Waals surface area (Å²) in [4.78, 5) is 21.5. The third-order valence-electron chi connectivity index (χ3n) is 7.45. The van der Waals surface area contributed by atoms with Gasteiger partial charge < -0.3 is 24.4 Å². The summed E-state index contributed by atoms with van der Waals surface area (Å²) in [7, 11) is 1.43. The first-order valence-corrected chi connectivity index (χ1v) is 12.6. The Morgan fingerprint density at radius 3 is 2.63 bits per heavy atom. The van der Waals surface area contributed by atoms with Gasteiger partial charge in [-0.15, -0.1) is 0 Å². The largest absolute Gasteiger partial charge is 0.507 e. The Hall–Kier alpha value is -3.04. The molecule has 1 aromatic carbocycles. The maximum atomic E-state index is 12.0. The first kappa shape index (κ1) is 23.7. The average Bonchev–Trinajstić information content (AvgIpc) is 3.24. The minimum Gasteiger partial charge on any atom is -0.507 e. The molecule has 0 spiro atoms. The van der Waals surface area contributed by atoms with E-state index in [0.29, 0.717) is 19.6 Å². The second-order valence-corrected chi connectivity index (χ2v) is 9.35. The number of hydrogen-bond acceptors (Lipinski definition) is 8. The van der Waals surface area contributed by atoms with Crippen molar-refractivity contribution in [3.63, 3.8) is 0 Å². The van der Waals surface area contributed by atoms with Crippen molar-refractivity contribution in [3.05, 3.63) is 46.7 Å². The summed E-state index contributed by atoms with van der Waals surface area (Å²) in [5.74, 6) is 1.18. The van der Waals surface area contributed by atoms with E-state index in [0.717, 1.165) is 69.1 Å². The summed E-state index contributed by atoms with van der Waals surface area (Å²) >= 11 is 0. The number of phenolic OH excluding ortho intramolecular Hbond substituents is 1. The summed E-state index contributed by atoms with van der Waals surface area (Å²) in [6.07, 6.45) is 3.05. The predicted octanol–water partition coefficient (Wildman–Crippen LogP) is 2.95. The number of nitrogens with zero attached hydrogens (tertiary/aromatic N) is 4. The fourth-order valence-corrected chi connectivity index (χ4v) is 5.48. The third kappa shape index (κ3) is 4.62. The normalized spacial score (nSPS) is 21.8. The van der Waals surface area contributed by atoms with E-state index in [1.54, 1.807) is 11.0 Å². The van der Waals surface area contributed by atoms with Gasteiger partial charge >= 0.3 is 6.09 Å². The number of rotatable bonds is 4. The number of para-hydroxylation sites is 1. The van der Waals surface area contributed by atoms with Crippen LogP contribution in [0.15, 0.2) is 46.1 Å². The van der Waals surface area contributed by atoms with E-state index in [-0.39, 0.29) is 17.9 Å². The SMILES string of the molecule is CCC1=C(c2ccccc2O)N=C2C(=C(N3CCOCC3)C1)CNN2C1CCN(C(=O)OC)CC1. The third-order valence-corrected chi connectivity index (χ3v) is 7.45. The number of hydrogen-bond donors (Lipinski definition) is 2. The van der Waals surface area contributed by atoms with Crippen molar-refractivity contribution in [1.82, 2.24) is 20.2 Å². The topological polar surface area (TPSA) is 89.9 Å². The number of fused-ring (bicyclic) bond motifs is 1. The van der Waals surface area contributed by atoms with E-state index in [9.17, 15) is 9.90 Å². The summed E-state index contributed by atoms with van der Waals surface area (Å²) in [6, 6.07) is 7.68. The van der Waals surface area contributed by atoms with Gasteiger partial charge in [-0.1, -0.05) is 19.1 Å². The molecular formula is C26H35N5O4. The Morgan fingerprint density at radius 2 is 1.94 bits per heavy atom. The number of amidine groups is 1. The fraction of sp³-hybridized carbons (Fsp3) is 0.538. The number of hydrazine groups is 1. The van der Waals surface area contributed by atoms with Gasteiger partial charge in [0.05, 0.1) is 32.1 Å². The lowest BCUT2D eigenvalue weighted by Gasteiger charge is -2.36. The number of phenols is 1. The summed E-state index contributed by atoms with van der Waals surface area (Å²) < 4.78 is 10.6. The van der Waals surface area contributed by atoms with Crippen molar-refractivity contribution >= 4 is 17.6 Å². The van der Waals surface area contributed by atoms with Crippen molar-refractivity contribution in [2.45, 2.75) is 38.6 Å². The second-order valence-electron chi connectivity index (χ2n) is 9.35. The maximum Gasteiger partial charge on any atom is 0.409 e. The van der Waals surface area contributed by atoms with Crippen LogP contribution in [-0.4, -0.2) is 90.9 Å². The van der Waals surface area contributed by atoms with Gasteiger partial charge in [0.2, 0.25) is 0 Å². The van der Waals surface area contributed by atoms with E-state index in [2.05, 4.69) is 22.3 Å². The van der Waals surface area contributed by atoms with Crippen LogP contribution in [0.1, 0.15) is 38.2 Å². The van der Waals surface area contributed by atoms with Crippen LogP contribution >= 0.6 is 0 Å². The number of aromatic hydroxyl groups is 1. The van der Waals surface area contributed by atoms with Crippen molar-refractivity contribution in [2.24, 2.45) is 4.99 Å². The lowest BCUT2D eigenvalue weighted by atomic mass is 9.98. The van der Waals surface area contributed by atoms with E-state index in [1.165, 1.54) is 24.0 Å². The molecule has 0 aromatic heterocycles. The summed E-state index contributed by atoms with van der Waals surface area (Å²) in [6.45, 7) is 7.37. The van der Waals surface area contributed by atoms with E-state index in [1.807, 2.05) is 18.2 Å². The van der Waals surface area contributed by atoms with Crippen LogP contribution in [0.2, 0.25) is 0 Å². The van der Waals surface area contributed by atoms with Crippen molar-refractivity contribution in [2.75, 3.05) is 53.0 Å². The van der Waals surface area contributed by atoms with Crippen LogP contribution in [0.25, 0.3) is 5.70 Å². The Kier molecular flexibility index (Phi) is 6.97. The van der Waals surface area contributed by atoms with Crippen LogP contribution in [0, 0.1) is 0 Å². The van der Waals surface area contributed by atoms with Crippen LogP contribution < -0.4 is 5.43 Å². The van der Waals surface area contributed by atoms with Gasteiger partial charge in [0, 0.05) is 56.0 Å².